The minimum Gasteiger partial charge on any atom is -0.324 e. The molecule has 1 N–H and O–H groups in total. The average molecular weight is 203 g/mol. The lowest BCUT2D eigenvalue weighted by atomic mass is 10.1. The summed E-state index contributed by atoms with van der Waals surface area (Å²) >= 11 is 0. The molecule has 3 heteroatoms. The first kappa shape index (κ1) is 11.2. The van der Waals surface area contributed by atoms with Crippen LogP contribution >= 0.6 is 0 Å². The Labute approximate surface area is 88.8 Å². The highest BCUT2D eigenvalue weighted by atomic mass is 16.2. The smallest absolute Gasteiger partial charge is 0.221 e. The molecule has 1 aromatic carbocycles. The van der Waals surface area contributed by atoms with Crippen molar-refractivity contribution in [3.63, 3.8) is 0 Å². The Kier molecular flexibility index (Phi) is 3.80. The molecular weight excluding hydrogens is 190 g/mol. The lowest BCUT2D eigenvalue weighted by Crippen LogP contribution is -2.19. The third-order valence-corrected chi connectivity index (χ3v) is 1.81. The van der Waals surface area contributed by atoms with Crippen LogP contribution in [0.15, 0.2) is 30.0 Å². The van der Waals surface area contributed by atoms with E-state index >= 15 is 0 Å². The number of aryl methyl sites for hydroxylation is 1. The third-order valence-electron chi connectivity index (χ3n) is 1.81. The van der Waals surface area contributed by atoms with E-state index in [2.05, 4.69) is 5.32 Å². The molecule has 0 bridgehead atoms. The number of aldehydes is 1. The number of allylic oxidation sites excluding steroid dienone is 1. The van der Waals surface area contributed by atoms with Crippen molar-refractivity contribution in [2.45, 2.75) is 13.8 Å². The van der Waals surface area contributed by atoms with Gasteiger partial charge in [-0.2, -0.15) is 0 Å². The Hall–Kier alpha value is -1.90. The van der Waals surface area contributed by atoms with Crippen molar-refractivity contribution in [3.05, 3.63) is 41.1 Å². The van der Waals surface area contributed by atoms with E-state index in [4.69, 9.17) is 0 Å². The van der Waals surface area contributed by atoms with Crippen LogP contribution in [0.5, 0.6) is 0 Å². The Morgan fingerprint density at radius 3 is 2.67 bits per heavy atom. The van der Waals surface area contributed by atoms with Gasteiger partial charge in [0.1, 0.15) is 0 Å². The van der Waals surface area contributed by atoms with Gasteiger partial charge in [0.15, 0.2) is 6.29 Å². The van der Waals surface area contributed by atoms with Gasteiger partial charge in [0.2, 0.25) is 5.91 Å². The molecule has 15 heavy (non-hydrogen) atoms. The van der Waals surface area contributed by atoms with Crippen LogP contribution in [0.2, 0.25) is 0 Å². The van der Waals surface area contributed by atoms with Crippen molar-refractivity contribution >= 4 is 18.3 Å². The van der Waals surface area contributed by atoms with E-state index in [0.29, 0.717) is 6.29 Å². The van der Waals surface area contributed by atoms with Crippen LogP contribution in [0.25, 0.3) is 6.08 Å². The number of carbonyl (C=O) groups is 2. The Morgan fingerprint density at radius 1 is 1.40 bits per heavy atom. The summed E-state index contributed by atoms with van der Waals surface area (Å²) in [4.78, 5) is 21.4. The second-order valence-corrected chi connectivity index (χ2v) is 3.31. The maximum absolute atomic E-state index is 10.8. The predicted molar refractivity (Wildman–Crippen MR) is 59.0 cm³/mol. The maximum Gasteiger partial charge on any atom is 0.221 e. The van der Waals surface area contributed by atoms with Gasteiger partial charge in [-0.3, -0.25) is 9.59 Å². The van der Waals surface area contributed by atoms with Crippen molar-refractivity contribution in [2.24, 2.45) is 0 Å². The molecule has 1 amide bonds. The fraction of sp³-hybridized carbons (Fsp3) is 0.167. The van der Waals surface area contributed by atoms with E-state index < -0.39 is 0 Å². The maximum atomic E-state index is 10.8. The number of carbonyl (C=O) groups excluding carboxylic acids is 2. The van der Waals surface area contributed by atoms with Crippen LogP contribution in [-0.2, 0) is 9.59 Å². The van der Waals surface area contributed by atoms with E-state index in [0.717, 1.165) is 11.1 Å². The quantitative estimate of drug-likeness (QED) is 0.600. The summed E-state index contributed by atoms with van der Waals surface area (Å²) in [7, 11) is 0. The van der Waals surface area contributed by atoms with Crippen molar-refractivity contribution < 1.29 is 9.59 Å². The first-order chi connectivity index (χ1) is 7.11. The molecule has 0 heterocycles. The molecule has 78 valence electrons. The molecule has 0 saturated carbocycles. The Morgan fingerprint density at radius 2 is 2.13 bits per heavy atom. The first-order valence-electron chi connectivity index (χ1n) is 4.63. The zero-order valence-electron chi connectivity index (χ0n) is 8.78. The van der Waals surface area contributed by atoms with Crippen LogP contribution in [0.3, 0.4) is 0 Å². The summed E-state index contributed by atoms with van der Waals surface area (Å²) in [6, 6.07) is 7.68. The standard InChI is InChI=1S/C12H13NO2/c1-9-4-3-5-11(6-9)7-12(8-14)13-10(2)15/h3-8H,1-2H3,(H,13,15)/b12-7+. The molecule has 0 spiro atoms. The second-order valence-electron chi connectivity index (χ2n) is 3.31. The van der Waals surface area contributed by atoms with Crippen molar-refractivity contribution in [1.29, 1.82) is 0 Å². The SMILES string of the molecule is CC(=O)N/C(C=O)=C/c1cccc(C)c1. The number of rotatable bonds is 3. The van der Waals surface area contributed by atoms with E-state index in [1.54, 1.807) is 6.08 Å². The minimum atomic E-state index is -0.249. The third kappa shape index (κ3) is 3.77. The van der Waals surface area contributed by atoms with Gasteiger partial charge in [-0.25, -0.2) is 0 Å². The number of amides is 1. The van der Waals surface area contributed by atoms with Gasteiger partial charge in [-0.1, -0.05) is 29.8 Å². The van der Waals surface area contributed by atoms with Gasteiger partial charge in [-0.15, -0.1) is 0 Å². The number of nitrogens with one attached hydrogen (secondary N) is 1. The summed E-state index contributed by atoms with van der Waals surface area (Å²) in [6.45, 7) is 3.34. The molecule has 1 rings (SSSR count). The van der Waals surface area contributed by atoms with Crippen molar-refractivity contribution in [2.75, 3.05) is 0 Å². The lowest BCUT2D eigenvalue weighted by molar-refractivity contribution is -0.119. The average Bonchev–Trinajstić information content (AvgIpc) is 2.16. The Balaban J connectivity index is 2.92. The summed E-state index contributed by atoms with van der Waals surface area (Å²) in [5.74, 6) is -0.249. The topological polar surface area (TPSA) is 46.2 Å². The van der Waals surface area contributed by atoms with Gasteiger partial charge in [0, 0.05) is 6.92 Å². The van der Waals surface area contributed by atoms with Crippen molar-refractivity contribution in [3.8, 4) is 0 Å². The molecule has 0 radical (unpaired) electrons. The predicted octanol–water partition coefficient (Wildman–Crippen LogP) is 1.67. The summed E-state index contributed by atoms with van der Waals surface area (Å²) in [5.41, 5.74) is 2.27. The lowest BCUT2D eigenvalue weighted by Gasteiger charge is -2.01. The number of hydrogen-bond acceptors (Lipinski definition) is 2. The fourth-order valence-electron chi connectivity index (χ4n) is 1.24. The molecule has 0 unspecified atom stereocenters. The van der Waals surface area contributed by atoms with Crippen LogP contribution in [0, 0.1) is 6.92 Å². The molecule has 3 nitrogen and oxygen atoms in total. The normalized spacial score (nSPS) is 10.9. The van der Waals surface area contributed by atoms with E-state index in [1.807, 2.05) is 31.2 Å². The molecule has 0 aromatic heterocycles. The van der Waals surface area contributed by atoms with Gasteiger partial charge in [0.05, 0.1) is 5.70 Å². The first-order valence-corrected chi connectivity index (χ1v) is 4.63. The van der Waals surface area contributed by atoms with Crippen LogP contribution in [0.4, 0.5) is 0 Å². The number of hydrogen-bond donors (Lipinski definition) is 1. The zero-order valence-corrected chi connectivity index (χ0v) is 8.78. The highest BCUT2D eigenvalue weighted by Crippen LogP contribution is 2.07. The van der Waals surface area contributed by atoms with Crippen LogP contribution in [-0.4, -0.2) is 12.2 Å². The molecule has 0 atom stereocenters. The van der Waals surface area contributed by atoms with Crippen LogP contribution < -0.4 is 5.32 Å². The zero-order chi connectivity index (χ0) is 11.3. The highest BCUT2D eigenvalue weighted by Gasteiger charge is 1.98. The summed E-state index contributed by atoms with van der Waals surface area (Å²) in [5, 5.41) is 2.45. The summed E-state index contributed by atoms with van der Waals surface area (Å²) in [6.07, 6.45) is 2.27. The molecular formula is C12H13NO2. The molecule has 1 aromatic rings. The Bertz CT molecular complexity index is 408. The van der Waals surface area contributed by atoms with Gasteiger partial charge in [0.25, 0.3) is 0 Å². The van der Waals surface area contributed by atoms with Gasteiger partial charge in [-0.05, 0) is 18.6 Å². The van der Waals surface area contributed by atoms with Gasteiger partial charge >= 0.3 is 0 Å². The largest absolute Gasteiger partial charge is 0.324 e. The summed E-state index contributed by atoms with van der Waals surface area (Å²) < 4.78 is 0. The second kappa shape index (κ2) is 5.10. The fourth-order valence-corrected chi connectivity index (χ4v) is 1.24. The van der Waals surface area contributed by atoms with Crippen molar-refractivity contribution in [1.82, 2.24) is 5.32 Å². The highest BCUT2D eigenvalue weighted by molar-refractivity contribution is 5.88. The van der Waals surface area contributed by atoms with Crippen LogP contribution in [0.1, 0.15) is 18.1 Å². The van der Waals surface area contributed by atoms with E-state index in [1.165, 1.54) is 6.92 Å². The minimum absolute atomic E-state index is 0.249. The van der Waals surface area contributed by atoms with Gasteiger partial charge < -0.3 is 5.32 Å². The molecule has 0 fully saturated rings. The molecule has 0 aliphatic carbocycles. The monoisotopic (exact) mass is 203 g/mol. The number of benzene rings is 1. The molecule has 0 aliphatic rings. The van der Waals surface area contributed by atoms with E-state index in [9.17, 15) is 9.59 Å². The molecule has 0 aliphatic heterocycles. The van der Waals surface area contributed by atoms with E-state index in [-0.39, 0.29) is 11.6 Å². The molecule has 0 saturated heterocycles.